The molecule has 1 heterocycles. The highest BCUT2D eigenvalue weighted by atomic mass is 16.5. The molecule has 56 heavy (non-hydrogen) atoms. The van der Waals surface area contributed by atoms with Gasteiger partial charge in [-0.05, 0) is 98.6 Å². The quantitative estimate of drug-likeness (QED) is 0.162. The molecule has 2 heteroatoms. The fourth-order valence-corrected chi connectivity index (χ4v) is 7.37. The van der Waals surface area contributed by atoms with Crippen LogP contribution in [0.25, 0.3) is 66.8 Å². The molecule has 0 fully saturated rings. The van der Waals surface area contributed by atoms with Crippen LogP contribution < -0.4 is 9.64 Å². The lowest BCUT2D eigenvalue weighted by Gasteiger charge is -2.27. The molecule has 10 rings (SSSR count). The first-order chi connectivity index (χ1) is 31.9. The van der Waals surface area contributed by atoms with Gasteiger partial charge >= 0.3 is 0 Å². The molecule has 0 amide bonds. The first-order valence-corrected chi connectivity index (χ1v) is 18.3. The summed E-state index contributed by atoms with van der Waals surface area (Å²) in [5.74, 6) is 0.653. The van der Waals surface area contributed by atoms with Gasteiger partial charge in [0.05, 0.1) is 13.7 Å². The van der Waals surface area contributed by atoms with Crippen LogP contribution in [0, 0.1) is 0 Å². The molecule has 0 bridgehead atoms. The maximum Gasteiger partial charge on any atom is 0.143 e. The lowest BCUT2D eigenvalue weighted by molar-refractivity contribution is 0.489. The van der Waals surface area contributed by atoms with Crippen LogP contribution in [-0.4, -0.2) is 0 Å². The van der Waals surface area contributed by atoms with Crippen molar-refractivity contribution in [2.75, 3.05) is 4.90 Å². The fourth-order valence-electron chi connectivity index (χ4n) is 7.37. The SMILES string of the molecule is [2H]c1c([2H])c([2H])c(-c2ccc3c(c2)-c2cc(N(c4ccc(-c5ccccc5)cc4)c4ccc(-c5ccccc5)cc4)ccc2Oc2c-3cccc2-c2c([2H])c([2H])c([2H])c([2H])c2[2H])c([2H])c1[2H]. The van der Waals surface area contributed by atoms with Gasteiger partial charge in [0, 0.05) is 33.8 Å². The fraction of sp³-hybridized carbons (Fsp3) is 0. The Hall–Kier alpha value is -7.42. The summed E-state index contributed by atoms with van der Waals surface area (Å²) in [4.78, 5) is 2.14. The summed E-state index contributed by atoms with van der Waals surface area (Å²) in [6.07, 6.45) is 0. The van der Waals surface area contributed by atoms with Crippen molar-refractivity contribution in [1.29, 1.82) is 0 Å². The van der Waals surface area contributed by atoms with Crippen LogP contribution in [0.15, 0.2) is 224 Å². The second-order valence-electron chi connectivity index (χ2n) is 13.4. The van der Waals surface area contributed by atoms with Crippen molar-refractivity contribution in [3.05, 3.63) is 224 Å². The smallest absolute Gasteiger partial charge is 0.143 e. The first-order valence-electron chi connectivity index (χ1n) is 23.3. The largest absolute Gasteiger partial charge is 0.455 e. The van der Waals surface area contributed by atoms with Crippen LogP contribution in [0.1, 0.15) is 13.7 Å². The van der Waals surface area contributed by atoms with E-state index in [1.807, 2.05) is 66.7 Å². The normalized spacial score (nSPS) is 13.9. The summed E-state index contributed by atoms with van der Waals surface area (Å²) in [7, 11) is 0. The molecule has 0 radical (unpaired) electrons. The Kier molecular flexibility index (Phi) is 6.21. The lowest BCUT2D eigenvalue weighted by atomic mass is 9.89. The third kappa shape index (κ3) is 6.24. The Morgan fingerprint density at radius 3 is 1.45 bits per heavy atom. The summed E-state index contributed by atoms with van der Waals surface area (Å²) in [6, 6.07) is 49.0. The number of rotatable bonds is 7. The zero-order valence-corrected chi connectivity index (χ0v) is 29.9. The standard InChI is InChI=1S/C54H37NO/c1-5-14-38(15-6-1)41-24-29-45(30-25-41)55(46-31-26-42(27-32-46)39-16-7-2-8-17-39)47-33-35-53-52(37-47)51-36-44(40-18-9-3-10-19-40)28-34-49(51)50-23-13-22-48(54(50)56-53)43-20-11-4-12-21-43/h1-37H/i3D,4D,9D,10D,11D,12D,18D,19D,20D,21D. The van der Waals surface area contributed by atoms with Gasteiger partial charge < -0.3 is 9.64 Å². The Labute approximate surface area is 342 Å². The molecule has 0 unspecified atom stereocenters. The number of anilines is 3. The molecule has 0 aromatic heterocycles. The van der Waals surface area contributed by atoms with Gasteiger partial charge in [0.1, 0.15) is 11.5 Å². The van der Waals surface area contributed by atoms with Crippen LogP contribution in [0.3, 0.4) is 0 Å². The number of benzene rings is 9. The van der Waals surface area contributed by atoms with Gasteiger partial charge in [-0.3, -0.25) is 0 Å². The Morgan fingerprint density at radius 2 is 0.839 bits per heavy atom. The van der Waals surface area contributed by atoms with Gasteiger partial charge in [0.15, 0.2) is 0 Å². The highest BCUT2D eigenvalue weighted by Gasteiger charge is 2.26. The summed E-state index contributed by atoms with van der Waals surface area (Å²) in [6.45, 7) is 0. The minimum absolute atomic E-state index is 0.0145. The molecule has 2 nitrogen and oxygen atoms in total. The van der Waals surface area contributed by atoms with E-state index in [2.05, 4.69) is 77.7 Å². The summed E-state index contributed by atoms with van der Waals surface area (Å²) >= 11 is 0. The lowest BCUT2D eigenvalue weighted by Crippen LogP contribution is -2.10. The zero-order valence-electron chi connectivity index (χ0n) is 39.9. The van der Waals surface area contributed by atoms with Gasteiger partial charge in [-0.2, -0.15) is 0 Å². The molecular formula is C54H37NO. The molecule has 1 aliphatic rings. The van der Waals surface area contributed by atoms with Crippen LogP contribution in [0.5, 0.6) is 11.5 Å². The van der Waals surface area contributed by atoms with E-state index in [4.69, 9.17) is 18.4 Å². The molecule has 264 valence electrons. The zero-order chi connectivity index (χ0) is 46.0. The predicted molar refractivity (Wildman–Crippen MR) is 234 cm³/mol. The van der Waals surface area contributed by atoms with E-state index < -0.39 is 36.3 Å². The van der Waals surface area contributed by atoms with Crippen molar-refractivity contribution in [1.82, 2.24) is 0 Å². The van der Waals surface area contributed by atoms with Crippen LogP contribution in [-0.2, 0) is 0 Å². The molecule has 9 aromatic rings. The maximum absolute atomic E-state index is 8.90. The molecule has 9 aromatic carbocycles. The summed E-state index contributed by atoms with van der Waals surface area (Å²) in [5, 5.41) is 0. The summed E-state index contributed by atoms with van der Waals surface area (Å²) < 4.78 is 92.8. The van der Waals surface area contributed by atoms with E-state index in [0.717, 1.165) is 39.3 Å². The van der Waals surface area contributed by atoms with E-state index in [1.165, 1.54) is 0 Å². The van der Waals surface area contributed by atoms with Crippen molar-refractivity contribution < 1.29 is 18.4 Å². The van der Waals surface area contributed by atoms with Gasteiger partial charge in [-0.1, -0.05) is 176 Å². The average Bonchev–Trinajstić information content (AvgIpc) is 3.49. The van der Waals surface area contributed by atoms with Crippen molar-refractivity contribution in [3.8, 4) is 78.3 Å². The number of hydrogen-bond acceptors (Lipinski definition) is 2. The molecular weight excluding hydrogens is 679 g/mol. The van der Waals surface area contributed by atoms with Gasteiger partial charge in [-0.15, -0.1) is 0 Å². The number of ether oxygens (including phenoxy) is 1. The van der Waals surface area contributed by atoms with Crippen LogP contribution in [0.4, 0.5) is 17.1 Å². The number of hydrogen-bond donors (Lipinski definition) is 0. The second-order valence-corrected chi connectivity index (χ2v) is 13.4. The second kappa shape index (κ2) is 14.4. The first kappa shape index (κ1) is 24.1. The average molecular weight is 726 g/mol. The number of fused-ring (bicyclic) bond motifs is 5. The topological polar surface area (TPSA) is 12.5 Å². The minimum Gasteiger partial charge on any atom is -0.455 e. The van der Waals surface area contributed by atoms with Crippen LogP contribution >= 0.6 is 0 Å². The van der Waals surface area contributed by atoms with Crippen molar-refractivity contribution in [3.63, 3.8) is 0 Å². The van der Waals surface area contributed by atoms with E-state index >= 15 is 0 Å². The number of nitrogens with zero attached hydrogens (tertiary/aromatic N) is 1. The van der Waals surface area contributed by atoms with Crippen LogP contribution in [0.2, 0.25) is 0 Å². The molecule has 0 N–H and O–H groups in total. The molecule has 1 aliphatic heterocycles. The Bertz CT molecular complexity index is 3240. The third-order valence-corrected chi connectivity index (χ3v) is 10.1. The van der Waals surface area contributed by atoms with E-state index in [-0.39, 0.29) is 41.0 Å². The van der Waals surface area contributed by atoms with E-state index in [1.54, 1.807) is 24.3 Å². The highest BCUT2D eigenvalue weighted by molar-refractivity contribution is 5.97. The number of para-hydroxylation sites is 1. The molecule has 0 spiro atoms. The van der Waals surface area contributed by atoms with E-state index in [0.29, 0.717) is 39.1 Å². The Balaban J connectivity index is 1.21. The summed E-state index contributed by atoms with van der Waals surface area (Å²) in [5.41, 5.74) is 9.90. The molecule has 0 atom stereocenters. The third-order valence-electron chi connectivity index (χ3n) is 10.1. The highest BCUT2D eigenvalue weighted by Crippen LogP contribution is 2.52. The van der Waals surface area contributed by atoms with Gasteiger partial charge in [0.25, 0.3) is 0 Å². The maximum atomic E-state index is 8.90. The molecule has 0 saturated heterocycles. The van der Waals surface area contributed by atoms with Crippen molar-refractivity contribution >= 4 is 17.1 Å². The molecule has 0 saturated carbocycles. The predicted octanol–water partition coefficient (Wildman–Crippen LogP) is 15.3. The van der Waals surface area contributed by atoms with Crippen molar-refractivity contribution in [2.24, 2.45) is 0 Å². The van der Waals surface area contributed by atoms with Crippen molar-refractivity contribution in [2.45, 2.75) is 0 Å². The monoisotopic (exact) mass is 725 g/mol. The minimum atomic E-state index is -0.506. The van der Waals surface area contributed by atoms with Gasteiger partial charge in [-0.25, -0.2) is 0 Å². The van der Waals surface area contributed by atoms with E-state index in [9.17, 15) is 0 Å². The van der Waals surface area contributed by atoms with Gasteiger partial charge in [0.2, 0.25) is 0 Å². The molecule has 0 aliphatic carbocycles. The Morgan fingerprint density at radius 1 is 0.321 bits per heavy atom.